The smallest absolute Gasteiger partial charge is 0.338 e. The third-order valence-corrected chi connectivity index (χ3v) is 4.80. The number of rotatable bonds is 6. The Kier molecular flexibility index (Phi) is 6.21. The van der Waals surface area contributed by atoms with Gasteiger partial charge in [0.25, 0.3) is 5.69 Å². The highest BCUT2D eigenvalue weighted by atomic mass is 79.9. The predicted octanol–water partition coefficient (Wildman–Crippen LogP) is 4.85. The van der Waals surface area contributed by atoms with Gasteiger partial charge in [0.05, 0.1) is 10.5 Å². The molecule has 1 aromatic rings. The molecular weight excluding hydrogens is 376 g/mol. The van der Waals surface area contributed by atoms with Crippen molar-refractivity contribution in [3.8, 4) is 0 Å². The average molecular weight is 399 g/mol. The van der Waals surface area contributed by atoms with Gasteiger partial charge in [0.2, 0.25) is 0 Å². The standard InChI is InChI=1S/C17H23BrN2O4/c1-11(2)10-19(13-6-4-3-5-7-13)16-14(17(21)22)8-12(18)9-15(16)20(23)24/h8-9,11,13H,3-7,10H2,1-2H3,(H,21,22). The normalized spacial score (nSPS) is 15.5. The molecule has 0 bridgehead atoms. The van der Waals surface area contributed by atoms with E-state index in [4.69, 9.17) is 0 Å². The molecule has 0 unspecified atom stereocenters. The minimum atomic E-state index is -1.14. The number of benzene rings is 1. The minimum Gasteiger partial charge on any atom is -0.478 e. The van der Waals surface area contributed by atoms with Crippen molar-refractivity contribution in [2.45, 2.75) is 52.0 Å². The Hall–Kier alpha value is -1.63. The van der Waals surface area contributed by atoms with Gasteiger partial charge in [-0.15, -0.1) is 0 Å². The summed E-state index contributed by atoms with van der Waals surface area (Å²) in [7, 11) is 0. The molecule has 1 saturated carbocycles. The van der Waals surface area contributed by atoms with Crippen molar-refractivity contribution in [2.24, 2.45) is 5.92 Å². The molecule has 24 heavy (non-hydrogen) atoms. The van der Waals surface area contributed by atoms with E-state index in [0.29, 0.717) is 11.0 Å². The van der Waals surface area contributed by atoms with Gasteiger partial charge in [0.1, 0.15) is 5.69 Å². The van der Waals surface area contributed by atoms with E-state index in [1.54, 1.807) is 0 Å². The zero-order chi connectivity index (χ0) is 17.9. The first-order valence-electron chi connectivity index (χ1n) is 8.29. The molecule has 0 aromatic heterocycles. The topological polar surface area (TPSA) is 83.7 Å². The maximum absolute atomic E-state index is 11.8. The Morgan fingerprint density at radius 1 is 1.38 bits per heavy atom. The third-order valence-electron chi connectivity index (χ3n) is 4.35. The molecule has 0 radical (unpaired) electrons. The molecule has 132 valence electrons. The number of halogens is 1. The monoisotopic (exact) mass is 398 g/mol. The quantitative estimate of drug-likeness (QED) is 0.546. The summed E-state index contributed by atoms with van der Waals surface area (Å²) in [6.07, 6.45) is 5.20. The van der Waals surface area contributed by atoms with Crippen molar-refractivity contribution in [3.05, 3.63) is 32.3 Å². The van der Waals surface area contributed by atoms with Gasteiger partial charge in [0.15, 0.2) is 0 Å². The predicted molar refractivity (Wildman–Crippen MR) is 96.8 cm³/mol. The van der Waals surface area contributed by atoms with E-state index in [-0.39, 0.29) is 28.9 Å². The zero-order valence-electron chi connectivity index (χ0n) is 14.0. The Labute approximate surface area is 150 Å². The van der Waals surface area contributed by atoms with Gasteiger partial charge < -0.3 is 10.0 Å². The summed E-state index contributed by atoms with van der Waals surface area (Å²) in [4.78, 5) is 24.8. The largest absolute Gasteiger partial charge is 0.478 e. The highest BCUT2D eigenvalue weighted by molar-refractivity contribution is 9.10. The Morgan fingerprint density at radius 3 is 2.50 bits per heavy atom. The Balaban J connectivity index is 2.61. The Morgan fingerprint density at radius 2 is 2.00 bits per heavy atom. The SMILES string of the molecule is CC(C)CN(c1c(C(=O)O)cc(Br)cc1[N+](=O)[O-])C1CCCCC1. The van der Waals surface area contributed by atoms with E-state index >= 15 is 0 Å². The lowest BCUT2D eigenvalue weighted by molar-refractivity contribution is -0.384. The zero-order valence-corrected chi connectivity index (χ0v) is 15.6. The molecule has 1 fully saturated rings. The van der Waals surface area contributed by atoms with Gasteiger partial charge in [-0.25, -0.2) is 4.79 Å². The molecule has 6 nitrogen and oxygen atoms in total. The molecule has 1 aromatic carbocycles. The van der Waals surface area contributed by atoms with E-state index in [2.05, 4.69) is 15.9 Å². The number of hydrogen-bond acceptors (Lipinski definition) is 4. The van der Waals surface area contributed by atoms with Crippen LogP contribution in [0.2, 0.25) is 0 Å². The fraction of sp³-hybridized carbons (Fsp3) is 0.588. The number of hydrogen-bond donors (Lipinski definition) is 1. The molecule has 1 aliphatic carbocycles. The number of carboxylic acid groups (broad SMARTS) is 1. The lowest BCUT2D eigenvalue weighted by atomic mass is 9.92. The summed E-state index contributed by atoms with van der Waals surface area (Å²) < 4.78 is 0.406. The number of carboxylic acids is 1. The molecule has 0 aliphatic heterocycles. The number of nitrogens with zero attached hydrogens (tertiary/aromatic N) is 2. The van der Waals surface area contributed by atoms with Gasteiger partial charge in [0, 0.05) is 23.1 Å². The van der Waals surface area contributed by atoms with Crippen molar-refractivity contribution < 1.29 is 14.8 Å². The van der Waals surface area contributed by atoms with Crippen molar-refractivity contribution in [1.29, 1.82) is 0 Å². The number of nitro benzene ring substituents is 1. The van der Waals surface area contributed by atoms with Gasteiger partial charge in [-0.05, 0) is 24.8 Å². The molecular formula is C17H23BrN2O4. The minimum absolute atomic E-state index is 0.0118. The molecule has 0 atom stereocenters. The maximum Gasteiger partial charge on any atom is 0.338 e. The molecule has 2 rings (SSSR count). The molecule has 1 aliphatic rings. The number of nitro groups is 1. The van der Waals surface area contributed by atoms with Gasteiger partial charge in [-0.2, -0.15) is 0 Å². The number of aromatic carboxylic acids is 1. The molecule has 0 amide bonds. The second kappa shape index (κ2) is 7.96. The van der Waals surface area contributed by atoms with E-state index in [9.17, 15) is 20.0 Å². The van der Waals surface area contributed by atoms with Crippen LogP contribution >= 0.6 is 15.9 Å². The van der Waals surface area contributed by atoms with Crippen molar-refractivity contribution in [3.63, 3.8) is 0 Å². The maximum atomic E-state index is 11.8. The lowest BCUT2D eigenvalue weighted by Crippen LogP contribution is -2.40. The third kappa shape index (κ3) is 4.26. The fourth-order valence-corrected chi connectivity index (χ4v) is 3.84. The van der Waals surface area contributed by atoms with Gasteiger partial charge >= 0.3 is 5.97 Å². The van der Waals surface area contributed by atoms with Crippen LogP contribution in [0.25, 0.3) is 0 Å². The van der Waals surface area contributed by atoms with Gasteiger partial charge in [-0.1, -0.05) is 49.0 Å². The van der Waals surface area contributed by atoms with Crippen LogP contribution in [0.15, 0.2) is 16.6 Å². The second-order valence-corrected chi connectivity index (χ2v) is 7.64. The molecule has 0 saturated heterocycles. The number of carbonyl (C=O) groups is 1. The highest BCUT2D eigenvalue weighted by Gasteiger charge is 2.32. The van der Waals surface area contributed by atoms with Crippen molar-refractivity contribution in [1.82, 2.24) is 0 Å². The molecule has 0 heterocycles. The summed E-state index contributed by atoms with van der Waals surface area (Å²) in [5.41, 5.74) is 0.0894. The first-order chi connectivity index (χ1) is 11.3. The van der Waals surface area contributed by atoms with E-state index < -0.39 is 10.9 Å². The van der Waals surface area contributed by atoms with Gasteiger partial charge in [-0.3, -0.25) is 10.1 Å². The summed E-state index contributed by atoms with van der Waals surface area (Å²) in [6.45, 7) is 4.69. The molecule has 7 heteroatoms. The van der Waals surface area contributed by atoms with Crippen molar-refractivity contribution in [2.75, 3.05) is 11.4 Å². The first kappa shape index (κ1) is 18.7. The lowest BCUT2D eigenvalue weighted by Gasteiger charge is -2.37. The van der Waals surface area contributed by atoms with Crippen LogP contribution < -0.4 is 4.90 Å². The van der Waals surface area contributed by atoms with Crippen LogP contribution in [0.3, 0.4) is 0 Å². The average Bonchev–Trinajstić information content (AvgIpc) is 2.52. The van der Waals surface area contributed by atoms with Crippen LogP contribution in [-0.2, 0) is 0 Å². The summed E-state index contributed by atoms with van der Waals surface area (Å²) >= 11 is 3.19. The Bertz CT molecular complexity index is 592. The van der Waals surface area contributed by atoms with Crippen LogP contribution in [-0.4, -0.2) is 28.6 Å². The van der Waals surface area contributed by atoms with Crippen LogP contribution in [0, 0.1) is 16.0 Å². The molecule has 0 spiro atoms. The van der Waals surface area contributed by atoms with Crippen LogP contribution in [0.1, 0.15) is 56.3 Å². The number of anilines is 1. The highest BCUT2D eigenvalue weighted by Crippen LogP contribution is 2.39. The summed E-state index contributed by atoms with van der Waals surface area (Å²) in [6, 6.07) is 3.01. The summed E-state index contributed by atoms with van der Waals surface area (Å²) in [5, 5.41) is 21.2. The first-order valence-corrected chi connectivity index (χ1v) is 9.08. The van der Waals surface area contributed by atoms with Crippen LogP contribution in [0.5, 0.6) is 0 Å². The van der Waals surface area contributed by atoms with E-state index in [1.165, 1.54) is 18.6 Å². The fourth-order valence-electron chi connectivity index (χ4n) is 3.40. The second-order valence-electron chi connectivity index (χ2n) is 6.72. The van der Waals surface area contributed by atoms with Crippen molar-refractivity contribution >= 4 is 33.3 Å². The molecule has 1 N–H and O–H groups in total. The van der Waals surface area contributed by atoms with E-state index in [0.717, 1.165) is 25.7 Å². The van der Waals surface area contributed by atoms with Crippen LogP contribution in [0.4, 0.5) is 11.4 Å². The summed E-state index contributed by atoms with van der Waals surface area (Å²) in [5.74, 6) is -0.865. The van der Waals surface area contributed by atoms with E-state index in [1.807, 2.05) is 18.7 Å².